The fraction of sp³-hybridized carbons (Fsp3) is 0.100. The van der Waals surface area contributed by atoms with Gasteiger partial charge in [0.15, 0.2) is 0 Å². The van der Waals surface area contributed by atoms with E-state index in [1.807, 2.05) is 19.1 Å². The van der Waals surface area contributed by atoms with Crippen molar-refractivity contribution in [2.24, 2.45) is 0 Å². The number of benzene rings is 2. The van der Waals surface area contributed by atoms with Crippen LogP contribution in [0.3, 0.4) is 0 Å². The molecule has 6 heteroatoms. The van der Waals surface area contributed by atoms with E-state index in [0.717, 1.165) is 5.56 Å². The summed E-state index contributed by atoms with van der Waals surface area (Å²) in [6, 6.07) is 13.4. The van der Waals surface area contributed by atoms with Gasteiger partial charge in [-0.1, -0.05) is 18.2 Å². The Hall–Kier alpha value is -3.41. The molecule has 0 unspecified atom stereocenters. The molecule has 2 N–H and O–H groups in total. The van der Waals surface area contributed by atoms with Crippen molar-refractivity contribution in [1.82, 2.24) is 4.98 Å². The zero-order valence-electron chi connectivity index (χ0n) is 14.4. The van der Waals surface area contributed by atoms with Crippen LogP contribution in [0.5, 0.6) is 5.75 Å². The van der Waals surface area contributed by atoms with Crippen LogP contribution in [-0.4, -0.2) is 18.0 Å². The van der Waals surface area contributed by atoms with Crippen LogP contribution in [0.1, 0.15) is 15.9 Å². The summed E-state index contributed by atoms with van der Waals surface area (Å²) in [6.07, 6.45) is 2.97. The molecule has 1 heterocycles. The first-order valence-corrected chi connectivity index (χ1v) is 7.99. The molecule has 0 aliphatic carbocycles. The second kappa shape index (κ2) is 7.65. The zero-order valence-corrected chi connectivity index (χ0v) is 14.4. The molecule has 0 spiro atoms. The van der Waals surface area contributed by atoms with Gasteiger partial charge in [-0.15, -0.1) is 0 Å². The minimum absolute atomic E-state index is 0.312. The quantitative estimate of drug-likeness (QED) is 0.709. The fourth-order valence-corrected chi connectivity index (χ4v) is 2.46. The van der Waals surface area contributed by atoms with Crippen LogP contribution < -0.4 is 15.4 Å². The number of para-hydroxylation sites is 1. The Bertz CT molecular complexity index is 944. The molecule has 26 heavy (non-hydrogen) atoms. The maximum atomic E-state index is 13.8. The monoisotopic (exact) mass is 351 g/mol. The summed E-state index contributed by atoms with van der Waals surface area (Å²) >= 11 is 0. The molecule has 0 radical (unpaired) electrons. The van der Waals surface area contributed by atoms with Crippen LogP contribution in [0, 0.1) is 12.7 Å². The molecule has 0 aliphatic rings. The average Bonchev–Trinajstić information content (AvgIpc) is 2.64. The molecule has 3 aromatic rings. The predicted octanol–water partition coefficient (Wildman–Crippen LogP) is 4.53. The third-order valence-corrected chi connectivity index (χ3v) is 3.76. The van der Waals surface area contributed by atoms with Crippen molar-refractivity contribution in [2.75, 3.05) is 17.7 Å². The lowest BCUT2D eigenvalue weighted by Gasteiger charge is -2.12. The van der Waals surface area contributed by atoms with Crippen LogP contribution in [0.15, 0.2) is 60.9 Å². The van der Waals surface area contributed by atoms with Gasteiger partial charge in [-0.3, -0.25) is 9.78 Å². The van der Waals surface area contributed by atoms with Gasteiger partial charge in [0.2, 0.25) is 0 Å². The molecule has 0 atom stereocenters. The number of aromatic nitrogens is 1. The molecule has 1 amide bonds. The van der Waals surface area contributed by atoms with E-state index < -0.39 is 0 Å². The van der Waals surface area contributed by atoms with Gasteiger partial charge in [-0.25, -0.2) is 4.39 Å². The SMILES string of the molecule is COc1ccc(C)cc1NC(=O)c1cncc(Nc2ccccc2F)c1. The molecule has 3 rings (SSSR count). The zero-order chi connectivity index (χ0) is 18.5. The van der Waals surface area contributed by atoms with E-state index in [2.05, 4.69) is 15.6 Å². The van der Waals surface area contributed by atoms with Gasteiger partial charge in [0, 0.05) is 6.20 Å². The first-order valence-electron chi connectivity index (χ1n) is 7.99. The molecule has 0 saturated carbocycles. The Morgan fingerprint density at radius 2 is 1.88 bits per heavy atom. The number of hydrogen-bond donors (Lipinski definition) is 2. The van der Waals surface area contributed by atoms with Crippen molar-refractivity contribution in [1.29, 1.82) is 0 Å². The highest BCUT2D eigenvalue weighted by Gasteiger charge is 2.12. The summed E-state index contributed by atoms with van der Waals surface area (Å²) < 4.78 is 19.0. The highest BCUT2D eigenvalue weighted by atomic mass is 19.1. The maximum absolute atomic E-state index is 13.8. The van der Waals surface area contributed by atoms with E-state index >= 15 is 0 Å². The van der Waals surface area contributed by atoms with Crippen LogP contribution in [-0.2, 0) is 0 Å². The summed E-state index contributed by atoms with van der Waals surface area (Å²) in [5.74, 6) is -0.150. The van der Waals surface area contributed by atoms with Gasteiger partial charge in [-0.2, -0.15) is 0 Å². The number of nitrogens with zero attached hydrogens (tertiary/aromatic N) is 1. The highest BCUT2D eigenvalue weighted by Crippen LogP contribution is 2.26. The Kier molecular flexibility index (Phi) is 5.12. The number of amides is 1. The van der Waals surface area contributed by atoms with E-state index in [-0.39, 0.29) is 11.7 Å². The maximum Gasteiger partial charge on any atom is 0.257 e. The largest absolute Gasteiger partial charge is 0.495 e. The highest BCUT2D eigenvalue weighted by molar-refractivity contribution is 6.05. The number of methoxy groups -OCH3 is 1. The summed E-state index contributed by atoms with van der Waals surface area (Å²) in [5, 5.41) is 5.74. The lowest BCUT2D eigenvalue weighted by Crippen LogP contribution is -2.13. The molecule has 1 aromatic heterocycles. The minimum Gasteiger partial charge on any atom is -0.495 e. The summed E-state index contributed by atoms with van der Waals surface area (Å²) in [5.41, 5.74) is 2.74. The van der Waals surface area contributed by atoms with Gasteiger partial charge in [0.1, 0.15) is 11.6 Å². The second-order valence-electron chi connectivity index (χ2n) is 5.72. The minimum atomic E-state index is -0.383. The van der Waals surface area contributed by atoms with Gasteiger partial charge in [0.05, 0.1) is 35.9 Å². The van der Waals surface area contributed by atoms with E-state index in [0.29, 0.717) is 28.4 Å². The van der Waals surface area contributed by atoms with Crippen molar-refractivity contribution in [3.05, 3.63) is 77.9 Å². The summed E-state index contributed by atoms with van der Waals surface area (Å²) in [6.45, 7) is 1.93. The molecular formula is C20H18FN3O2. The van der Waals surface area contributed by atoms with E-state index in [4.69, 9.17) is 4.74 Å². The molecule has 132 valence electrons. The van der Waals surface area contributed by atoms with E-state index in [1.54, 1.807) is 37.4 Å². The van der Waals surface area contributed by atoms with Crippen LogP contribution >= 0.6 is 0 Å². The van der Waals surface area contributed by atoms with Gasteiger partial charge in [-0.05, 0) is 42.8 Å². The Labute approximate surface area is 150 Å². The molecule has 5 nitrogen and oxygen atoms in total. The molecule has 0 bridgehead atoms. The summed E-state index contributed by atoms with van der Waals surface area (Å²) in [4.78, 5) is 16.6. The number of hydrogen-bond acceptors (Lipinski definition) is 4. The van der Waals surface area contributed by atoms with Crippen molar-refractivity contribution < 1.29 is 13.9 Å². The van der Waals surface area contributed by atoms with Gasteiger partial charge < -0.3 is 15.4 Å². The standard InChI is InChI=1S/C20H18FN3O2/c1-13-7-8-19(26-2)18(9-13)24-20(25)14-10-15(12-22-11-14)23-17-6-4-3-5-16(17)21/h3-12,23H,1-2H3,(H,24,25). The van der Waals surface area contributed by atoms with Crippen LogP contribution in [0.2, 0.25) is 0 Å². The summed E-state index contributed by atoms with van der Waals surface area (Å²) in [7, 11) is 1.54. The number of rotatable bonds is 5. The number of halogens is 1. The number of carbonyl (C=O) groups excluding carboxylic acids is 1. The topological polar surface area (TPSA) is 63.2 Å². The van der Waals surface area contributed by atoms with Crippen molar-refractivity contribution in [3.63, 3.8) is 0 Å². The van der Waals surface area contributed by atoms with Crippen LogP contribution in [0.25, 0.3) is 0 Å². The second-order valence-corrected chi connectivity index (χ2v) is 5.72. The predicted molar refractivity (Wildman–Crippen MR) is 99.6 cm³/mol. The lowest BCUT2D eigenvalue weighted by molar-refractivity contribution is 0.102. The smallest absolute Gasteiger partial charge is 0.257 e. The number of anilines is 3. The number of ether oxygens (including phenoxy) is 1. The molecule has 0 saturated heterocycles. The van der Waals surface area contributed by atoms with Crippen LogP contribution in [0.4, 0.5) is 21.5 Å². The van der Waals surface area contributed by atoms with Gasteiger partial charge >= 0.3 is 0 Å². The first kappa shape index (κ1) is 17.4. The number of aryl methyl sites for hydroxylation is 1. The Balaban J connectivity index is 1.81. The third kappa shape index (κ3) is 3.97. The molecule has 0 aliphatic heterocycles. The Morgan fingerprint density at radius 3 is 2.65 bits per heavy atom. The van der Waals surface area contributed by atoms with Crippen molar-refractivity contribution >= 4 is 23.0 Å². The van der Waals surface area contributed by atoms with Gasteiger partial charge in [0.25, 0.3) is 5.91 Å². The number of pyridine rings is 1. The Morgan fingerprint density at radius 1 is 1.08 bits per heavy atom. The average molecular weight is 351 g/mol. The van der Waals surface area contributed by atoms with Crippen molar-refractivity contribution in [2.45, 2.75) is 6.92 Å². The van der Waals surface area contributed by atoms with Crippen molar-refractivity contribution in [3.8, 4) is 5.75 Å². The lowest BCUT2D eigenvalue weighted by atomic mass is 10.2. The first-order chi connectivity index (χ1) is 12.6. The number of nitrogens with one attached hydrogen (secondary N) is 2. The normalized spacial score (nSPS) is 10.3. The van der Waals surface area contributed by atoms with E-state index in [1.165, 1.54) is 18.5 Å². The third-order valence-electron chi connectivity index (χ3n) is 3.76. The molecule has 0 fully saturated rings. The molecular weight excluding hydrogens is 333 g/mol. The fourth-order valence-electron chi connectivity index (χ4n) is 2.46. The molecule has 2 aromatic carbocycles. The number of carbonyl (C=O) groups is 1. The van der Waals surface area contributed by atoms with E-state index in [9.17, 15) is 9.18 Å².